The van der Waals surface area contributed by atoms with E-state index in [9.17, 15) is 0 Å². The molecule has 0 spiro atoms. The Bertz CT molecular complexity index is 532. The maximum atomic E-state index is 5.70. The van der Waals surface area contributed by atoms with Crippen LogP contribution in [0.15, 0.2) is 66.9 Å². The van der Waals surface area contributed by atoms with Gasteiger partial charge in [-0.15, -0.1) is 0 Å². The second-order valence-corrected chi connectivity index (χ2v) is 4.29. The summed E-state index contributed by atoms with van der Waals surface area (Å²) < 4.78 is 16.5. The van der Waals surface area contributed by atoms with E-state index in [1.165, 1.54) is 0 Å². The fourth-order valence-corrected chi connectivity index (χ4v) is 1.60. The maximum Gasteiger partial charge on any atom is 0.127 e. The monoisotopic (exact) mass is 270 g/mol. The van der Waals surface area contributed by atoms with Crippen molar-refractivity contribution in [2.24, 2.45) is 0 Å². The standard InChI is InChI=1S/C17H18O3/c1-14(2)18-12-13-19-15-8-10-17(11-9-15)20-16-6-4-3-5-7-16/h3-11H,1,12-13H2,2H3. The fraction of sp³-hybridized carbons (Fsp3) is 0.176. The molecule has 3 heteroatoms. The highest BCUT2D eigenvalue weighted by Crippen LogP contribution is 2.23. The Morgan fingerprint density at radius 2 is 1.45 bits per heavy atom. The van der Waals surface area contributed by atoms with Gasteiger partial charge >= 0.3 is 0 Å². The molecule has 0 radical (unpaired) electrons. The van der Waals surface area contributed by atoms with Gasteiger partial charge in [0, 0.05) is 0 Å². The topological polar surface area (TPSA) is 27.7 Å². The lowest BCUT2D eigenvalue weighted by molar-refractivity contribution is 0.158. The zero-order valence-corrected chi connectivity index (χ0v) is 11.5. The van der Waals surface area contributed by atoms with Crippen LogP contribution in [0.4, 0.5) is 0 Å². The Hall–Kier alpha value is -2.42. The van der Waals surface area contributed by atoms with Crippen LogP contribution >= 0.6 is 0 Å². The lowest BCUT2D eigenvalue weighted by Gasteiger charge is -2.09. The quantitative estimate of drug-likeness (QED) is 0.551. The minimum Gasteiger partial charge on any atom is -0.495 e. The lowest BCUT2D eigenvalue weighted by Crippen LogP contribution is -2.05. The molecule has 0 bridgehead atoms. The molecule has 0 aliphatic carbocycles. The van der Waals surface area contributed by atoms with E-state index in [1.54, 1.807) is 0 Å². The molecule has 2 aromatic rings. The van der Waals surface area contributed by atoms with Crippen LogP contribution in [-0.4, -0.2) is 13.2 Å². The number of allylic oxidation sites excluding steroid dienone is 1. The Balaban J connectivity index is 1.82. The summed E-state index contributed by atoms with van der Waals surface area (Å²) in [4.78, 5) is 0. The Kier molecular flexibility index (Phi) is 5.07. The third kappa shape index (κ3) is 4.69. The predicted octanol–water partition coefficient (Wildman–Crippen LogP) is 4.41. The summed E-state index contributed by atoms with van der Waals surface area (Å²) in [6.07, 6.45) is 0. The zero-order valence-electron chi connectivity index (χ0n) is 11.5. The SMILES string of the molecule is C=C(C)OCCOc1ccc(Oc2ccccc2)cc1. The summed E-state index contributed by atoms with van der Waals surface area (Å²) in [6, 6.07) is 17.2. The van der Waals surface area contributed by atoms with E-state index < -0.39 is 0 Å². The van der Waals surface area contributed by atoms with Gasteiger partial charge in [0.2, 0.25) is 0 Å². The molecule has 2 aromatic carbocycles. The first-order valence-corrected chi connectivity index (χ1v) is 6.48. The van der Waals surface area contributed by atoms with Gasteiger partial charge in [-0.05, 0) is 43.3 Å². The number of para-hydroxylation sites is 1. The average Bonchev–Trinajstić information content (AvgIpc) is 2.46. The van der Waals surface area contributed by atoms with E-state index in [-0.39, 0.29) is 0 Å². The summed E-state index contributed by atoms with van der Waals surface area (Å²) in [6.45, 7) is 6.46. The van der Waals surface area contributed by atoms with Crippen molar-refractivity contribution in [3.63, 3.8) is 0 Å². The van der Waals surface area contributed by atoms with Crippen LogP contribution in [0.5, 0.6) is 17.2 Å². The van der Waals surface area contributed by atoms with Gasteiger partial charge in [-0.2, -0.15) is 0 Å². The molecule has 0 atom stereocenters. The molecule has 0 aliphatic heterocycles. The van der Waals surface area contributed by atoms with Crippen molar-refractivity contribution >= 4 is 0 Å². The first-order valence-electron chi connectivity index (χ1n) is 6.48. The molecule has 0 heterocycles. The summed E-state index contributed by atoms with van der Waals surface area (Å²) in [5.74, 6) is 3.08. The van der Waals surface area contributed by atoms with Gasteiger partial charge in [-0.1, -0.05) is 24.8 Å². The minimum absolute atomic E-state index is 0.492. The van der Waals surface area contributed by atoms with Gasteiger partial charge in [0.25, 0.3) is 0 Å². The summed E-state index contributed by atoms with van der Waals surface area (Å²) in [7, 11) is 0. The van der Waals surface area contributed by atoms with Gasteiger partial charge in [0.1, 0.15) is 30.5 Å². The van der Waals surface area contributed by atoms with Crippen LogP contribution in [0.25, 0.3) is 0 Å². The van der Waals surface area contributed by atoms with Gasteiger partial charge in [-0.3, -0.25) is 0 Å². The zero-order chi connectivity index (χ0) is 14.2. The van der Waals surface area contributed by atoms with E-state index in [4.69, 9.17) is 14.2 Å². The highest BCUT2D eigenvalue weighted by atomic mass is 16.5. The van der Waals surface area contributed by atoms with Gasteiger partial charge in [-0.25, -0.2) is 0 Å². The fourth-order valence-electron chi connectivity index (χ4n) is 1.60. The largest absolute Gasteiger partial charge is 0.495 e. The molecule has 2 rings (SSSR count). The minimum atomic E-state index is 0.492. The molecule has 3 nitrogen and oxygen atoms in total. The van der Waals surface area contributed by atoms with Gasteiger partial charge in [0.05, 0.1) is 5.76 Å². The molecule has 0 aromatic heterocycles. The van der Waals surface area contributed by atoms with Crippen molar-refractivity contribution in [3.8, 4) is 17.2 Å². The molecule has 104 valence electrons. The number of ether oxygens (including phenoxy) is 3. The molecule has 0 amide bonds. The second kappa shape index (κ2) is 7.24. The third-order valence-electron chi connectivity index (χ3n) is 2.50. The van der Waals surface area contributed by atoms with Crippen LogP contribution in [0.2, 0.25) is 0 Å². The summed E-state index contributed by atoms with van der Waals surface area (Å²) in [5.41, 5.74) is 0. The van der Waals surface area contributed by atoms with Crippen LogP contribution in [0.1, 0.15) is 6.92 Å². The van der Waals surface area contributed by atoms with E-state index in [2.05, 4.69) is 6.58 Å². The van der Waals surface area contributed by atoms with Crippen molar-refractivity contribution in [3.05, 3.63) is 66.9 Å². The number of hydrogen-bond donors (Lipinski definition) is 0. The van der Waals surface area contributed by atoms with Crippen molar-refractivity contribution in [2.75, 3.05) is 13.2 Å². The van der Waals surface area contributed by atoms with Crippen LogP contribution < -0.4 is 9.47 Å². The highest BCUT2D eigenvalue weighted by Gasteiger charge is 1.98. The molecule has 0 unspecified atom stereocenters. The highest BCUT2D eigenvalue weighted by molar-refractivity contribution is 5.35. The van der Waals surface area contributed by atoms with Crippen LogP contribution in [0.3, 0.4) is 0 Å². The van der Waals surface area contributed by atoms with E-state index in [0.717, 1.165) is 17.2 Å². The first-order chi connectivity index (χ1) is 9.74. The molecular weight excluding hydrogens is 252 g/mol. The Labute approximate surface area is 119 Å². The van der Waals surface area contributed by atoms with E-state index in [0.29, 0.717) is 19.0 Å². The van der Waals surface area contributed by atoms with Crippen molar-refractivity contribution < 1.29 is 14.2 Å². The Morgan fingerprint density at radius 3 is 2.10 bits per heavy atom. The molecule has 0 saturated heterocycles. The summed E-state index contributed by atoms with van der Waals surface area (Å²) in [5, 5.41) is 0. The van der Waals surface area contributed by atoms with Crippen LogP contribution in [-0.2, 0) is 4.74 Å². The normalized spacial score (nSPS) is 9.85. The smallest absolute Gasteiger partial charge is 0.127 e. The van der Waals surface area contributed by atoms with E-state index >= 15 is 0 Å². The van der Waals surface area contributed by atoms with Crippen molar-refractivity contribution in [1.29, 1.82) is 0 Å². The molecule has 20 heavy (non-hydrogen) atoms. The van der Waals surface area contributed by atoms with Crippen LogP contribution in [0, 0.1) is 0 Å². The van der Waals surface area contributed by atoms with Crippen molar-refractivity contribution in [2.45, 2.75) is 6.92 Å². The number of benzene rings is 2. The molecule has 0 N–H and O–H groups in total. The van der Waals surface area contributed by atoms with E-state index in [1.807, 2.05) is 61.5 Å². The Morgan fingerprint density at radius 1 is 0.850 bits per heavy atom. The van der Waals surface area contributed by atoms with Gasteiger partial charge in [0.15, 0.2) is 0 Å². The van der Waals surface area contributed by atoms with Crippen molar-refractivity contribution in [1.82, 2.24) is 0 Å². The third-order valence-corrected chi connectivity index (χ3v) is 2.50. The van der Waals surface area contributed by atoms with Gasteiger partial charge < -0.3 is 14.2 Å². The second-order valence-electron chi connectivity index (χ2n) is 4.29. The molecule has 0 aliphatic rings. The average molecular weight is 270 g/mol. The first kappa shape index (κ1) is 14.0. The molecular formula is C17H18O3. The molecule has 0 fully saturated rings. The number of rotatable bonds is 7. The number of hydrogen-bond acceptors (Lipinski definition) is 3. The predicted molar refractivity (Wildman–Crippen MR) is 79.2 cm³/mol. The lowest BCUT2D eigenvalue weighted by atomic mass is 10.3. The molecule has 0 saturated carbocycles. The summed E-state index contributed by atoms with van der Waals surface area (Å²) >= 11 is 0. The maximum absolute atomic E-state index is 5.70.